The molecule has 1 aromatic carbocycles. The van der Waals surface area contributed by atoms with Gasteiger partial charge >= 0.3 is 0 Å². The molecule has 0 amide bonds. The van der Waals surface area contributed by atoms with Gasteiger partial charge in [0.25, 0.3) is 0 Å². The molecule has 2 N–H and O–H groups in total. The number of nitrogens with one attached hydrogen (secondary N) is 1. The van der Waals surface area contributed by atoms with Gasteiger partial charge in [0.2, 0.25) is 0 Å². The van der Waals surface area contributed by atoms with Crippen molar-refractivity contribution in [2.75, 3.05) is 13.2 Å². The van der Waals surface area contributed by atoms with Gasteiger partial charge in [-0.15, -0.1) is 0 Å². The van der Waals surface area contributed by atoms with E-state index in [1.54, 1.807) is 6.26 Å². The van der Waals surface area contributed by atoms with Crippen molar-refractivity contribution in [3.8, 4) is 5.75 Å². The van der Waals surface area contributed by atoms with Gasteiger partial charge in [0.15, 0.2) is 0 Å². The lowest BCUT2D eigenvalue weighted by molar-refractivity contribution is 0.173. The predicted octanol–water partition coefficient (Wildman–Crippen LogP) is 3.06. The molecule has 21 heavy (non-hydrogen) atoms. The predicted molar refractivity (Wildman–Crippen MR) is 82.1 cm³/mol. The Balaban J connectivity index is 1.79. The minimum Gasteiger partial charge on any atom is -0.489 e. The Kier molecular flexibility index (Phi) is 5.60. The summed E-state index contributed by atoms with van der Waals surface area (Å²) in [4.78, 5) is 0. The van der Waals surface area contributed by atoms with Crippen LogP contribution in [-0.2, 0) is 6.54 Å². The van der Waals surface area contributed by atoms with Crippen LogP contribution in [0.1, 0.15) is 24.4 Å². The van der Waals surface area contributed by atoms with Crippen LogP contribution >= 0.6 is 0 Å². The van der Waals surface area contributed by atoms with Gasteiger partial charge in [-0.3, -0.25) is 0 Å². The van der Waals surface area contributed by atoms with Crippen molar-refractivity contribution in [1.29, 1.82) is 0 Å². The number of ether oxygens (including phenoxy) is 1. The van der Waals surface area contributed by atoms with E-state index in [0.717, 1.165) is 22.6 Å². The van der Waals surface area contributed by atoms with Gasteiger partial charge in [-0.2, -0.15) is 0 Å². The van der Waals surface area contributed by atoms with Crippen molar-refractivity contribution in [3.05, 3.63) is 66.1 Å². The smallest absolute Gasteiger partial charge is 0.119 e. The first-order valence-corrected chi connectivity index (χ1v) is 6.93. The van der Waals surface area contributed by atoms with Gasteiger partial charge in [0.1, 0.15) is 18.1 Å². The molecule has 1 aromatic heterocycles. The van der Waals surface area contributed by atoms with Crippen molar-refractivity contribution in [2.24, 2.45) is 0 Å². The Morgan fingerprint density at radius 1 is 1.33 bits per heavy atom. The van der Waals surface area contributed by atoms with Crippen LogP contribution in [0.15, 0.2) is 59.2 Å². The van der Waals surface area contributed by atoms with Gasteiger partial charge in [0.05, 0.1) is 18.9 Å². The van der Waals surface area contributed by atoms with Crippen molar-refractivity contribution in [2.45, 2.75) is 19.6 Å². The summed E-state index contributed by atoms with van der Waals surface area (Å²) in [6.07, 6.45) is 1.08. The summed E-state index contributed by atoms with van der Waals surface area (Å²) in [5, 5.41) is 13.3. The molecule has 0 saturated heterocycles. The molecule has 1 atom stereocenters. The highest BCUT2D eigenvalue weighted by atomic mass is 16.5. The number of hydrogen-bond donors (Lipinski definition) is 2. The molecule has 1 unspecified atom stereocenters. The molecular formula is C17H21NO3. The molecule has 2 aromatic rings. The monoisotopic (exact) mass is 287 g/mol. The van der Waals surface area contributed by atoms with Crippen LogP contribution in [0, 0.1) is 0 Å². The molecule has 0 saturated carbocycles. The summed E-state index contributed by atoms with van der Waals surface area (Å²) >= 11 is 0. The minimum atomic E-state index is -0.560. The molecule has 0 aliphatic carbocycles. The van der Waals surface area contributed by atoms with Crippen LogP contribution in [-0.4, -0.2) is 18.3 Å². The van der Waals surface area contributed by atoms with Crippen molar-refractivity contribution in [1.82, 2.24) is 5.32 Å². The zero-order chi connectivity index (χ0) is 15.1. The molecule has 0 radical (unpaired) electrons. The summed E-state index contributed by atoms with van der Waals surface area (Å²) in [7, 11) is 0. The van der Waals surface area contributed by atoms with Crippen LogP contribution in [0.25, 0.3) is 0 Å². The fraction of sp³-hybridized carbons (Fsp3) is 0.294. The summed E-state index contributed by atoms with van der Waals surface area (Å²) < 4.78 is 10.7. The van der Waals surface area contributed by atoms with Crippen molar-refractivity contribution < 1.29 is 14.3 Å². The fourth-order valence-electron chi connectivity index (χ4n) is 1.86. The van der Waals surface area contributed by atoms with E-state index in [-0.39, 0.29) is 0 Å². The molecule has 0 spiro atoms. The van der Waals surface area contributed by atoms with Crippen LogP contribution in [0.2, 0.25) is 0 Å². The number of hydrogen-bond acceptors (Lipinski definition) is 4. The number of rotatable bonds is 8. The quantitative estimate of drug-likeness (QED) is 0.733. The standard InChI is InChI=1S/C17H21NO3/c1-13(2)12-21-15-7-5-14(6-8-15)17(19)11-18-10-16-4-3-9-20-16/h3-9,17-19H,1,10-12H2,2H3. The van der Waals surface area contributed by atoms with Gasteiger partial charge in [-0.25, -0.2) is 0 Å². The van der Waals surface area contributed by atoms with E-state index in [2.05, 4.69) is 11.9 Å². The number of aliphatic hydroxyl groups excluding tert-OH is 1. The highest BCUT2D eigenvalue weighted by Crippen LogP contribution is 2.18. The highest BCUT2D eigenvalue weighted by molar-refractivity contribution is 5.29. The second-order valence-corrected chi connectivity index (χ2v) is 5.04. The third kappa shape index (κ3) is 5.10. The summed E-state index contributed by atoms with van der Waals surface area (Å²) in [6.45, 7) is 7.28. The average Bonchev–Trinajstić information content (AvgIpc) is 2.99. The maximum Gasteiger partial charge on any atom is 0.119 e. The molecule has 0 bridgehead atoms. The first kappa shape index (κ1) is 15.4. The van der Waals surface area contributed by atoms with Crippen LogP contribution in [0.4, 0.5) is 0 Å². The lowest BCUT2D eigenvalue weighted by Crippen LogP contribution is -2.20. The van der Waals surface area contributed by atoms with E-state index in [1.165, 1.54) is 0 Å². The lowest BCUT2D eigenvalue weighted by Gasteiger charge is -2.12. The van der Waals surface area contributed by atoms with Gasteiger partial charge < -0.3 is 19.6 Å². The highest BCUT2D eigenvalue weighted by Gasteiger charge is 2.07. The van der Waals surface area contributed by atoms with Crippen LogP contribution in [0.3, 0.4) is 0 Å². The maximum atomic E-state index is 10.1. The molecule has 0 aliphatic rings. The third-order valence-electron chi connectivity index (χ3n) is 2.97. The Bertz CT molecular complexity index is 546. The van der Waals surface area contributed by atoms with E-state index < -0.39 is 6.10 Å². The van der Waals surface area contributed by atoms with E-state index in [0.29, 0.717) is 19.7 Å². The van der Waals surface area contributed by atoms with Crippen molar-refractivity contribution in [3.63, 3.8) is 0 Å². The first-order chi connectivity index (χ1) is 10.1. The Labute approximate surface area is 125 Å². The molecular weight excluding hydrogens is 266 g/mol. The lowest BCUT2D eigenvalue weighted by atomic mass is 10.1. The molecule has 4 heteroatoms. The van der Waals surface area contributed by atoms with Crippen LogP contribution in [0.5, 0.6) is 5.75 Å². The van der Waals surface area contributed by atoms with Gasteiger partial charge in [0, 0.05) is 6.54 Å². The first-order valence-electron chi connectivity index (χ1n) is 6.93. The Morgan fingerprint density at radius 3 is 2.71 bits per heavy atom. The molecule has 0 fully saturated rings. The molecule has 1 heterocycles. The van der Waals surface area contributed by atoms with Crippen molar-refractivity contribution >= 4 is 0 Å². The molecule has 4 nitrogen and oxygen atoms in total. The van der Waals surface area contributed by atoms with E-state index in [9.17, 15) is 5.11 Å². The summed E-state index contributed by atoms with van der Waals surface area (Å²) in [6, 6.07) is 11.2. The summed E-state index contributed by atoms with van der Waals surface area (Å²) in [5.41, 5.74) is 1.82. The summed E-state index contributed by atoms with van der Waals surface area (Å²) in [5.74, 6) is 1.63. The second-order valence-electron chi connectivity index (χ2n) is 5.04. The van der Waals surface area contributed by atoms with E-state index in [4.69, 9.17) is 9.15 Å². The topological polar surface area (TPSA) is 54.6 Å². The van der Waals surface area contributed by atoms with Gasteiger partial charge in [-0.05, 0) is 42.3 Å². The zero-order valence-corrected chi connectivity index (χ0v) is 12.2. The van der Waals surface area contributed by atoms with Gasteiger partial charge in [-0.1, -0.05) is 18.7 Å². The minimum absolute atomic E-state index is 0.465. The third-order valence-corrected chi connectivity index (χ3v) is 2.97. The molecule has 2 rings (SSSR count). The zero-order valence-electron chi connectivity index (χ0n) is 12.2. The van der Waals surface area contributed by atoms with Crippen LogP contribution < -0.4 is 10.1 Å². The largest absolute Gasteiger partial charge is 0.489 e. The Hall–Kier alpha value is -2.04. The Morgan fingerprint density at radius 2 is 2.10 bits per heavy atom. The van der Waals surface area contributed by atoms with E-state index in [1.807, 2.05) is 43.3 Å². The van der Waals surface area contributed by atoms with E-state index >= 15 is 0 Å². The number of aliphatic hydroxyl groups is 1. The normalized spacial score (nSPS) is 12.1. The average molecular weight is 287 g/mol. The molecule has 112 valence electrons. The SMILES string of the molecule is C=C(C)COc1ccc(C(O)CNCc2ccco2)cc1. The fourth-order valence-corrected chi connectivity index (χ4v) is 1.86. The number of benzene rings is 1. The number of furan rings is 1. The molecule has 0 aliphatic heterocycles. The maximum absolute atomic E-state index is 10.1. The second kappa shape index (κ2) is 7.67.